The number of hydrogen-bond acceptors (Lipinski definition) is 7. The van der Waals surface area contributed by atoms with Crippen LogP contribution in [0.25, 0.3) is 0 Å². The fourth-order valence-electron chi connectivity index (χ4n) is 3.41. The second kappa shape index (κ2) is 9.02. The molecular weight excluding hydrogens is 383 g/mol. The lowest BCUT2D eigenvalue weighted by Gasteiger charge is -2.24. The first-order valence-electron chi connectivity index (χ1n) is 9.40. The molecule has 1 aromatic rings. The Balaban J connectivity index is 1.67. The Morgan fingerprint density at radius 2 is 1.93 bits per heavy atom. The van der Waals surface area contributed by atoms with Crippen molar-refractivity contribution in [2.24, 2.45) is 0 Å². The van der Waals surface area contributed by atoms with Gasteiger partial charge >= 0.3 is 6.09 Å². The second-order valence-electron chi connectivity index (χ2n) is 7.12. The number of benzene rings is 1. The number of methoxy groups -OCH3 is 1. The average molecular weight is 411 g/mol. The van der Waals surface area contributed by atoms with Crippen molar-refractivity contribution in [1.29, 1.82) is 0 Å². The number of thiocarbonyl (C=S) groups is 1. The molecule has 1 amide bonds. The third kappa shape index (κ3) is 4.71. The zero-order valence-corrected chi connectivity index (χ0v) is 17.4. The third-order valence-corrected chi connectivity index (χ3v) is 5.70. The van der Waals surface area contributed by atoms with Gasteiger partial charge in [-0.3, -0.25) is 4.90 Å². The molecule has 2 heterocycles. The molecule has 2 aliphatic heterocycles. The molecule has 0 aliphatic carbocycles. The average Bonchev–Trinajstić information content (AvgIpc) is 2.98. The van der Waals surface area contributed by atoms with Gasteiger partial charge in [0.05, 0.1) is 25.0 Å². The number of carbonyl (C=O) groups excluding carboxylic acids is 1. The van der Waals surface area contributed by atoms with E-state index >= 15 is 0 Å². The van der Waals surface area contributed by atoms with Gasteiger partial charge in [0, 0.05) is 46.7 Å². The summed E-state index contributed by atoms with van der Waals surface area (Å²) in [4.78, 5) is 15.7. The number of halogens is 1. The van der Waals surface area contributed by atoms with Gasteiger partial charge < -0.3 is 14.4 Å². The Kier molecular flexibility index (Phi) is 6.69. The maximum Gasteiger partial charge on any atom is 0.414 e. The van der Waals surface area contributed by atoms with Gasteiger partial charge in [-0.15, -0.1) is 0 Å². The van der Waals surface area contributed by atoms with Crippen LogP contribution in [0.3, 0.4) is 0 Å². The van der Waals surface area contributed by atoms with Crippen molar-refractivity contribution in [3.05, 3.63) is 24.0 Å². The number of likely N-dealkylation sites (N-methyl/N-ethyl adjacent to an activating group) is 2. The Morgan fingerprint density at radius 3 is 2.54 bits per heavy atom. The van der Waals surface area contributed by atoms with Crippen molar-refractivity contribution in [3.8, 4) is 0 Å². The van der Waals surface area contributed by atoms with E-state index in [0.717, 1.165) is 26.2 Å². The number of anilines is 2. The Labute approximate surface area is 170 Å². The molecule has 2 saturated heterocycles. The smallest absolute Gasteiger partial charge is 0.414 e. The van der Waals surface area contributed by atoms with E-state index in [1.54, 1.807) is 12.1 Å². The maximum atomic E-state index is 14.9. The molecule has 0 saturated carbocycles. The van der Waals surface area contributed by atoms with E-state index in [0.29, 0.717) is 35.8 Å². The molecule has 0 aromatic heterocycles. The largest absolute Gasteiger partial charge is 0.490 e. The third-order valence-electron chi connectivity index (χ3n) is 5.33. The van der Waals surface area contributed by atoms with Crippen LogP contribution < -0.4 is 9.80 Å². The first-order valence-corrected chi connectivity index (χ1v) is 9.81. The van der Waals surface area contributed by atoms with Crippen LogP contribution in [-0.2, 0) is 9.47 Å². The van der Waals surface area contributed by atoms with Crippen LogP contribution >= 0.6 is 12.2 Å². The summed E-state index contributed by atoms with van der Waals surface area (Å²) >= 11 is 5.02. The predicted molar refractivity (Wildman–Crippen MR) is 110 cm³/mol. The summed E-state index contributed by atoms with van der Waals surface area (Å²) < 4.78 is 25.2. The molecule has 0 spiro atoms. The number of ether oxygens (including phenoxy) is 2. The van der Waals surface area contributed by atoms with Crippen molar-refractivity contribution in [3.63, 3.8) is 0 Å². The lowest BCUT2D eigenvalue weighted by Crippen LogP contribution is -2.37. The van der Waals surface area contributed by atoms with E-state index in [1.165, 1.54) is 18.1 Å². The van der Waals surface area contributed by atoms with Gasteiger partial charge in [-0.2, -0.15) is 0 Å². The van der Waals surface area contributed by atoms with Gasteiger partial charge in [0.15, 0.2) is 5.05 Å². The summed E-state index contributed by atoms with van der Waals surface area (Å²) in [6.45, 7) is 3.50. The Morgan fingerprint density at radius 1 is 1.25 bits per heavy atom. The monoisotopic (exact) mass is 410 g/mol. The number of carbonyl (C=O) groups is 1. The molecule has 154 valence electrons. The zero-order chi connectivity index (χ0) is 20.3. The number of nitrogens with zero attached hydrogens (tertiary/aromatic N) is 4. The van der Waals surface area contributed by atoms with Crippen molar-refractivity contribution >= 4 is 34.7 Å². The van der Waals surface area contributed by atoms with Crippen LogP contribution in [0, 0.1) is 5.82 Å². The van der Waals surface area contributed by atoms with Crippen molar-refractivity contribution in [2.75, 3.05) is 63.7 Å². The topological polar surface area (TPSA) is 48.5 Å². The normalized spacial score (nSPS) is 21.6. The molecule has 1 atom stereocenters. The van der Waals surface area contributed by atoms with E-state index in [-0.39, 0.29) is 11.9 Å². The Bertz CT molecular complexity index is 723. The summed E-state index contributed by atoms with van der Waals surface area (Å²) in [5.41, 5.74) is 1.06. The van der Waals surface area contributed by atoms with Crippen molar-refractivity contribution in [1.82, 2.24) is 10.0 Å². The number of hydrogen-bond donors (Lipinski definition) is 0. The maximum absolute atomic E-state index is 14.9. The second-order valence-corrected chi connectivity index (χ2v) is 7.57. The van der Waals surface area contributed by atoms with Crippen LogP contribution in [0.1, 0.15) is 12.8 Å². The van der Waals surface area contributed by atoms with Crippen molar-refractivity contribution < 1.29 is 18.7 Å². The van der Waals surface area contributed by atoms with Crippen LogP contribution in [0.5, 0.6) is 0 Å². The molecule has 7 nitrogen and oxygen atoms in total. The molecule has 2 fully saturated rings. The summed E-state index contributed by atoms with van der Waals surface area (Å²) in [6, 6.07) is 4.94. The summed E-state index contributed by atoms with van der Waals surface area (Å²) in [5.74, 6) is -0.332. The highest BCUT2D eigenvalue weighted by Crippen LogP contribution is 2.29. The summed E-state index contributed by atoms with van der Waals surface area (Å²) in [6.07, 6.45) is 0.395. The fourth-order valence-corrected chi connectivity index (χ4v) is 3.53. The molecule has 2 aliphatic rings. The van der Waals surface area contributed by atoms with E-state index in [9.17, 15) is 9.18 Å². The minimum absolute atomic E-state index is 0.278. The Hall–Kier alpha value is -1.97. The molecule has 0 bridgehead atoms. The molecular formula is C19H27FN4O3S. The van der Waals surface area contributed by atoms with E-state index in [1.807, 2.05) is 19.0 Å². The molecule has 3 rings (SSSR count). The molecule has 0 N–H and O–H groups in total. The molecule has 0 radical (unpaired) electrons. The minimum Gasteiger partial charge on any atom is -0.490 e. The van der Waals surface area contributed by atoms with Gasteiger partial charge in [-0.25, -0.2) is 19.2 Å². The lowest BCUT2D eigenvalue weighted by molar-refractivity contribution is 0.0439. The molecule has 0 unspecified atom stereocenters. The van der Waals surface area contributed by atoms with Crippen LogP contribution in [0.4, 0.5) is 20.6 Å². The first kappa shape index (κ1) is 20.8. The van der Waals surface area contributed by atoms with Gasteiger partial charge in [0.1, 0.15) is 11.9 Å². The zero-order valence-electron chi connectivity index (χ0n) is 16.6. The highest BCUT2D eigenvalue weighted by molar-refractivity contribution is 7.80. The van der Waals surface area contributed by atoms with E-state index in [2.05, 4.69) is 10.0 Å². The highest BCUT2D eigenvalue weighted by atomic mass is 32.1. The SMILES string of the molecule is COC(=S)CC[C@H]1CN(c2ccc(N3CCN(C)N(C)CC3)c(F)c2)C(=O)O1. The fraction of sp³-hybridized carbons (Fsp3) is 0.579. The summed E-state index contributed by atoms with van der Waals surface area (Å²) in [7, 11) is 5.58. The quantitative estimate of drug-likeness (QED) is 0.692. The van der Waals surface area contributed by atoms with Gasteiger partial charge in [0.2, 0.25) is 0 Å². The lowest BCUT2D eigenvalue weighted by atomic mass is 10.2. The highest BCUT2D eigenvalue weighted by Gasteiger charge is 2.33. The van der Waals surface area contributed by atoms with Crippen molar-refractivity contribution in [2.45, 2.75) is 18.9 Å². The summed E-state index contributed by atoms with van der Waals surface area (Å²) in [5, 5.41) is 4.74. The first-order chi connectivity index (χ1) is 13.4. The predicted octanol–water partition coefficient (Wildman–Crippen LogP) is 2.50. The molecule has 1 aromatic carbocycles. The van der Waals surface area contributed by atoms with Crippen LogP contribution in [0.15, 0.2) is 18.2 Å². The number of cyclic esters (lactones) is 1. The number of rotatable bonds is 5. The number of amides is 1. The van der Waals surface area contributed by atoms with Crippen LogP contribution in [0.2, 0.25) is 0 Å². The van der Waals surface area contributed by atoms with Gasteiger partial charge in [0.25, 0.3) is 0 Å². The van der Waals surface area contributed by atoms with Gasteiger partial charge in [-0.05, 0) is 36.8 Å². The van der Waals surface area contributed by atoms with Crippen LogP contribution in [-0.4, -0.2) is 81.2 Å². The standard InChI is InChI=1S/C19H27FN4O3S/c1-21-8-10-23(11-9-22(21)2)17-6-4-14(12-16(17)20)24-13-15(27-19(24)25)5-7-18(28)26-3/h4,6,12,15H,5,7-11,13H2,1-3H3/t15-/m0/s1. The molecule has 9 heteroatoms. The van der Waals surface area contributed by atoms with Gasteiger partial charge in [-0.1, -0.05) is 0 Å². The molecule has 28 heavy (non-hydrogen) atoms. The number of hydrazine groups is 1. The van der Waals surface area contributed by atoms with E-state index < -0.39 is 6.09 Å². The van der Waals surface area contributed by atoms with E-state index in [4.69, 9.17) is 21.7 Å². The minimum atomic E-state index is -0.460.